The van der Waals surface area contributed by atoms with Gasteiger partial charge >= 0.3 is 0 Å². The third-order valence-electron chi connectivity index (χ3n) is 4.82. The lowest BCUT2D eigenvalue weighted by Gasteiger charge is -2.28. The summed E-state index contributed by atoms with van der Waals surface area (Å²) in [4.78, 5) is 13.5. The second kappa shape index (κ2) is 6.03. The number of aryl methyl sites for hydroxylation is 2. The van der Waals surface area contributed by atoms with Crippen LogP contribution in [0.25, 0.3) is 32.5 Å². The van der Waals surface area contributed by atoms with Gasteiger partial charge < -0.3 is 9.64 Å². The molecule has 0 radical (unpaired) electrons. The predicted molar refractivity (Wildman–Crippen MR) is 105 cm³/mol. The molecule has 1 fully saturated rings. The molecule has 5 rings (SSSR count). The van der Waals surface area contributed by atoms with Crippen LogP contribution in [-0.4, -0.2) is 46.1 Å². The average Bonchev–Trinajstić information content (AvgIpc) is 3.23. The van der Waals surface area contributed by atoms with Crippen LogP contribution >= 0.6 is 11.3 Å². The molecule has 0 unspecified atom stereocenters. The van der Waals surface area contributed by atoms with Gasteiger partial charge in [0.25, 0.3) is 0 Å². The number of hydrogen-bond acceptors (Lipinski definition) is 6. The molecular weight excluding hydrogens is 346 g/mol. The van der Waals surface area contributed by atoms with Crippen molar-refractivity contribution in [3.8, 4) is 11.4 Å². The minimum absolute atomic E-state index is 0.739. The van der Waals surface area contributed by atoms with Gasteiger partial charge in [-0.2, -0.15) is 5.10 Å². The molecule has 4 aromatic rings. The van der Waals surface area contributed by atoms with Gasteiger partial charge in [-0.05, 0) is 19.1 Å². The molecule has 1 aliphatic heterocycles. The number of fused-ring (bicyclic) bond motifs is 2. The van der Waals surface area contributed by atoms with Crippen LogP contribution in [0.1, 0.15) is 4.88 Å². The first-order chi connectivity index (χ1) is 12.7. The molecule has 7 heteroatoms. The van der Waals surface area contributed by atoms with E-state index in [2.05, 4.69) is 35.1 Å². The van der Waals surface area contributed by atoms with Crippen molar-refractivity contribution >= 4 is 38.3 Å². The summed E-state index contributed by atoms with van der Waals surface area (Å²) in [5.41, 5.74) is 3.12. The SMILES string of the molecule is Cc1cc2nc(-c3cccc4c3cnn4C)nc(N3CCOCC3)c2s1. The van der Waals surface area contributed by atoms with Crippen molar-refractivity contribution < 1.29 is 4.74 Å². The zero-order valence-electron chi connectivity index (χ0n) is 14.8. The number of thiophene rings is 1. The van der Waals surface area contributed by atoms with Gasteiger partial charge in [-0.25, -0.2) is 9.97 Å². The van der Waals surface area contributed by atoms with Crippen LogP contribution in [0.15, 0.2) is 30.5 Å². The van der Waals surface area contributed by atoms with Gasteiger partial charge in [0.05, 0.1) is 35.1 Å². The zero-order valence-corrected chi connectivity index (χ0v) is 15.6. The minimum Gasteiger partial charge on any atom is -0.378 e. The Hall–Kier alpha value is -2.51. The van der Waals surface area contributed by atoms with E-state index in [4.69, 9.17) is 14.7 Å². The second-order valence-corrected chi connectivity index (χ2v) is 7.80. The van der Waals surface area contributed by atoms with E-state index in [1.807, 2.05) is 24.0 Å². The molecule has 132 valence electrons. The van der Waals surface area contributed by atoms with Crippen LogP contribution in [0.5, 0.6) is 0 Å². The summed E-state index contributed by atoms with van der Waals surface area (Å²) in [5, 5.41) is 5.47. The Morgan fingerprint density at radius 2 is 2.00 bits per heavy atom. The summed E-state index contributed by atoms with van der Waals surface area (Å²) in [6.07, 6.45) is 1.89. The summed E-state index contributed by atoms with van der Waals surface area (Å²) in [7, 11) is 1.96. The number of benzene rings is 1. The third kappa shape index (κ3) is 2.47. The number of anilines is 1. The fourth-order valence-corrected chi connectivity index (χ4v) is 4.48. The van der Waals surface area contributed by atoms with Crippen molar-refractivity contribution in [1.82, 2.24) is 19.7 Å². The van der Waals surface area contributed by atoms with Crippen LogP contribution in [0.4, 0.5) is 5.82 Å². The Balaban J connectivity index is 1.75. The molecule has 1 aromatic carbocycles. The van der Waals surface area contributed by atoms with Gasteiger partial charge in [0, 0.05) is 36.0 Å². The Morgan fingerprint density at radius 1 is 1.15 bits per heavy atom. The molecule has 0 aliphatic carbocycles. The molecule has 4 heterocycles. The predicted octanol–water partition coefficient (Wildman–Crippen LogP) is 3.39. The van der Waals surface area contributed by atoms with E-state index in [1.165, 1.54) is 4.88 Å². The Morgan fingerprint density at radius 3 is 2.85 bits per heavy atom. The summed E-state index contributed by atoms with van der Waals surface area (Å²) in [5.74, 6) is 1.78. The smallest absolute Gasteiger partial charge is 0.162 e. The first-order valence-electron chi connectivity index (χ1n) is 8.73. The number of rotatable bonds is 2. The second-order valence-electron chi connectivity index (χ2n) is 6.55. The van der Waals surface area contributed by atoms with Gasteiger partial charge in [-0.3, -0.25) is 4.68 Å². The maximum absolute atomic E-state index is 5.52. The molecule has 26 heavy (non-hydrogen) atoms. The molecule has 0 saturated carbocycles. The molecule has 6 nitrogen and oxygen atoms in total. The standard InChI is InChI=1S/C19H19N5OS/c1-12-10-15-17(26-12)19(24-6-8-25-9-7-24)22-18(21-15)13-4-3-5-16-14(13)11-20-23(16)2/h3-5,10-11H,6-9H2,1-2H3. The molecule has 0 bridgehead atoms. The monoisotopic (exact) mass is 365 g/mol. The topological polar surface area (TPSA) is 56.1 Å². The third-order valence-corrected chi connectivity index (χ3v) is 5.86. The molecule has 0 amide bonds. The molecule has 0 N–H and O–H groups in total. The van der Waals surface area contributed by atoms with Gasteiger partial charge in [0.2, 0.25) is 0 Å². The van der Waals surface area contributed by atoms with E-state index in [1.54, 1.807) is 11.3 Å². The van der Waals surface area contributed by atoms with E-state index < -0.39 is 0 Å². The van der Waals surface area contributed by atoms with Crippen LogP contribution < -0.4 is 4.90 Å². The quantitative estimate of drug-likeness (QED) is 0.545. The largest absolute Gasteiger partial charge is 0.378 e. The van der Waals surface area contributed by atoms with E-state index in [0.29, 0.717) is 0 Å². The first kappa shape index (κ1) is 15.7. The number of nitrogens with zero attached hydrogens (tertiary/aromatic N) is 5. The van der Waals surface area contributed by atoms with Gasteiger partial charge in [-0.15, -0.1) is 11.3 Å². The van der Waals surface area contributed by atoms with Gasteiger partial charge in [0.15, 0.2) is 11.6 Å². The van der Waals surface area contributed by atoms with E-state index in [0.717, 1.165) is 64.6 Å². The highest BCUT2D eigenvalue weighted by molar-refractivity contribution is 7.19. The van der Waals surface area contributed by atoms with Crippen molar-refractivity contribution in [2.45, 2.75) is 6.92 Å². The minimum atomic E-state index is 0.739. The summed E-state index contributed by atoms with van der Waals surface area (Å²) in [6, 6.07) is 8.34. The highest BCUT2D eigenvalue weighted by Crippen LogP contribution is 2.35. The molecular formula is C19H19N5OS. The van der Waals surface area contributed by atoms with E-state index >= 15 is 0 Å². The van der Waals surface area contributed by atoms with Crippen molar-refractivity contribution in [3.05, 3.63) is 35.3 Å². The van der Waals surface area contributed by atoms with Crippen LogP contribution in [-0.2, 0) is 11.8 Å². The highest BCUT2D eigenvalue weighted by atomic mass is 32.1. The number of morpholine rings is 1. The molecule has 0 atom stereocenters. The van der Waals surface area contributed by atoms with Crippen LogP contribution in [0.2, 0.25) is 0 Å². The molecule has 1 aliphatic rings. The number of ether oxygens (including phenoxy) is 1. The first-order valence-corrected chi connectivity index (χ1v) is 9.54. The van der Waals surface area contributed by atoms with Crippen molar-refractivity contribution in [1.29, 1.82) is 0 Å². The van der Waals surface area contributed by atoms with Crippen molar-refractivity contribution in [2.75, 3.05) is 31.2 Å². The fourth-order valence-electron chi connectivity index (χ4n) is 3.52. The van der Waals surface area contributed by atoms with Crippen molar-refractivity contribution in [3.63, 3.8) is 0 Å². The lowest BCUT2D eigenvalue weighted by Crippen LogP contribution is -2.36. The lowest BCUT2D eigenvalue weighted by molar-refractivity contribution is 0.122. The maximum atomic E-state index is 5.52. The summed E-state index contributed by atoms with van der Waals surface area (Å²) < 4.78 is 8.56. The maximum Gasteiger partial charge on any atom is 0.162 e. The number of hydrogen-bond donors (Lipinski definition) is 0. The fraction of sp³-hybridized carbons (Fsp3) is 0.316. The zero-order chi connectivity index (χ0) is 17.7. The normalized spacial score (nSPS) is 15.2. The van der Waals surface area contributed by atoms with Crippen LogP contribution in [0, 0.1) is 6.92 Å². The molecule has 3 aromatic heterocycles. The molecule has 1 saturated heterocycles. The van der Waals surface area contributed by atoms with Gasteiger partial charge in [0.1, 0.15) is 0 Å². The Bertz CT molecular complexity index is 1110. The summed E-state index contributed by atoms with van der Waals surface area (Å²) >= 11 is 1.76. The average molecular weight is 365 g/mol. The van der Waals surface area contributed by atoms with Crippen LogP contribution in [0.3, 0.4) is 0 Å². The van der Waals surface area contributed by atoms with Gasteiger partial charge in [-0.1, -0.05) is 12.1 Å². The number of aromatic nitrogens is 4. The van der Waals surface area contributed by atoms with E-state index in [-0.39, 0.29) is 0 Å². The lowest BCUT2D eigenvalue weighted by atomic mass is 10.1. The van der Waals surface area contributed by atoms with E-state index in [9.17, 15) is 0 Å². The Kier molecular flexibility index (Phi) is 3.65. The summed E-state index contributed by atoms with van der Waals surface area (Å²) in [6.45, 7) is 5.32. The highest BCUT2D eigenvalue weighted by Gasteiger charge is 2.20. The van der Waals surface area contributed by atoms with Crippen molar-refractivity contribution in [2.24, 2.45) is 7.05 Å². The molecule has 0 spiro atoms. The Labute approximate surface area is 155 Å².